The largest absolute Gasteiger partial charge is 0.369 e. The highest BCUT2D eigenvalue weighted by molar-refractivity contribution is 5.97. The van der Waals surface area contributed by atoms with E-state index >= 15 is 0 Å². The molecule has 110 valence electrons. The van der Waals surface area contributed by atoms with Gasteiger partial charge in [0.05, 0.1) is 11.6 Å². The number of rotatable bonds is 1. The molecule has 8 heteroatoms. The number of nitriles is 1. The molecule has 1 aliphatic heterocycles. The molecule has 1 amide bonds. The minimum absolute atomic E-state index is 0.0204. The van der Waals surface area contributed by atoms with E-state index in [1.807, 2.05) is 6.07 Å². The molecule has 0 spiro atoms. The summed E-state index contributed by atoms with van der Waals surface area (Å²) < 4.78 is 13.1. The summed E-state index contributed by atoms with van der Waals surface area (Å²) in [6, 6.07) is 7.15. The second-order valence-electron chi connectivity index (χ2n) is 4.84. The van der Waals surface area contributed by atoms with Crippen molar-refractivity contribution in [2.24, 2.45) is 5.92 Å². The number of nitrogens with two attached hydrogens (primary N) is 1. The molecule has 1 aromatic heterocycles. The van der Waals surface area contributed by atoms with Crippen molar-refractivity contribution in [3.63, 3.8) is 0 Å². The van der Waals surface area contributed by atoms with Crippen molar-refractivity contribution in [1.29, 1.82) is 5.26 Å². The number of benzene rings is 1. The van der Waals surface area contributed by atoms with E-state index in [-0.39, 0.29) is 17.3 Å². The molecule has 4 N–H and O–H groups in total. The van der Waals surface area contributed by atoms with Crippen molar-refractivity contribution < 1.29 is 9.18 Å². The van der Waals surface area contributed by atoms with Gasteiger partial charge in [-0.25, -0.2) is 4.39 Å². The first-order chi connectivity index (χ1) is 10.5. The van der Waals surface area contributed by atoms with Crippen molar-refractivity contribution in [3.8, 4) is 6.07 Å². The van der Waals surface area contributed by atoms with Gasteiger partial charge in [-0.05, 0) is 17.7 Å². The van der Waals surface area contributed by atoms with E-state index in [9.17, 15) is 19.2 Å². The third kappa shape index (κ3) is 2.09. The monoisotopic (exact) mass is 299 g/mol. The zero-order valence-corrected chi connectivity index (χ0v) is 11.1. The summed E-state index contributed by atoms with van der Waals surface area (Å²) in [5.74, 6) is -3.12. The van der Waals surface area contributed by atoms with Crippen LogP contribution in [0.1, 0.15) is 17.0 Å². The highest BCUT2D eigenvalue weighted by atomic mass is 19.1. The topological polar surface area (TPSA) is 125 Å². The molecule has 0 fully saturated rings. The van der Waals surface area contributed by atoms with Crippen LogP contribution in [0.5, 0.6) is 0 Å². The van der Waals surface area contributed by atoms with Gasteiger partial charge in [-0.1, -0.05) is 12.1 Å². The third-order valence-corrected chi connectivity index (χ3v) is 3.51. The molecule has 7 nitrogen and oxygen atoms in total. The second kappa shape index (κ2) is 4.96. The molecule has 2 atom stereocenters. The number of hydrogen-bond donors (Lipinski definition) is 3. The molecule has 2 aromatic rings. The van der Waals surface area contributed by atoms with Gasteiger partial charge in [-0.2, -0.15) is 10.2 Å². The second-order valence-corrected chi connectivity index (χ2v) is 4.84. The maximum absolute atomic E-state index is 13.1. The summed E-state index contributed by atoms with van der Waals surface area (Å²) in [7, 11) is 0. The summed E-state index contributed by atoms with van der Waals surface area (Å²) >= 11 is 0. The number of nitrogen functional groups attached to an aromatic ring is 1. The van der Waals surface area contributed by atoms with Gasteiger partial charge in [-0.15, -0.1) is 0 Å². The Balaban J connectivity index is 2.26. The molecule has 1 aliphatic rings. The van der Waals surface area contributed by atoms with Crippen LogP contribution >= 0.6 is 0 Å². The average Bonchev–Trinajstić information content (AvgIpc) is 2.46. The average molecular weight is 299 g/mol. The number of carbonyl (C=O) groups excluding carboxylic acids is 1. The van der Waals surface area contributed by atoms with E-state index in [0.29, 0.717) is 5.56 Å². The number of carbonyl (C=O) groups is 1. The van der Waals surface area contributed by atoms with Crippen LogP contribution in [-0.2, 0) is 4.79 Å². The Kier molecular flexibility index (Phi) is 3.10. The van der Waals surface area contributed by atoms with E-state index in [1.165, 1.54) is 24.3 Å². The van der Waals surface area contributed by atoms with Gasteiger partial charge in [0.25, 0.3) is 5.56 Å². The van der Waals surface area contributed by atoms with Gasteiger partial charge >= 0.3 is 0 Å². The molecule has 0 aliphatic carbocycles. The highest BCUT2D eigenvalue weighted by Crippen LogP contribution is 2.37. The van der Waals surface area contributed by atoms with Crippen LogP contribution in [0.2, 0.25) is 0 Å². The SMILES string of the molecule is N#C[C@H]1C(=O)Nc2nc(N)[nH]c(=O)c2[C@H]1c1ccc(F)cc1. The van der Waals surface area contributed by atoms with Crippen LogP contribution < -0.4 is 16.6 Å². The first-order valence-corrected chi connectivity index (χ1v) is 6.37. The number of aromatic amines is 1. The summed E-state index contributed by atoms with van der Waals surface area (Å²) in [5.41, 5.74) is 5.53. The first-order valence-electron chi connectivity index (χ1n) is 6.37. The zero-order valence-electron chi connectivity index (χ0n) is 11.1. The summed E-state index contributed by atoms with van der Waals surface area (Å²) in [5, 5.41) is 11.7. The predicted molar refractivity (Wildman–Crippen MR) is 75.2 cm³/mol. The standard InChI is InChI=1S/C14H10FN5O2/c15-7-3-1-6(2-4-7)9-8(5-16)12(21)18-11-10(9)13(22)20-14(17)19-11/h1-4,8-9H,(H4,17,18,19,20,21,22)/t8-,9+/m1/s1. The van der Waals surface area contributed by atoms with Crippen LogP contribution in [0.4, 0.5) is 16.2 Å². The van der Waals surface area contributed by atoms with E-state index in [1.54, 1.807) is 0 Å². The summed E-state index contributed by atoms with van der Waals surface area (Å²) in [6.07, 6.45) is 0. The molecule has 22 heavy (non-hydrogen) atoms. The molecule has 0 bridgehead atoms. The number of fused-ring (bicyclic) bond motifs is 1. The van der Waals surface area contributed by atoms with Gasteiger partial charge in [0, 0.05) is 5.92 Å². The molecule has 0 saturated carbocycles. The molecular weight excluding hydrogens is 289 g/mol. The van der Waals surface area contributed by atoms with Gasteiger partial charge in [0.1, 0.15) is 17.6 Å². The number of hydrogen-bond acceptors (Lipinski definition) is 5. The smallest absolute Gasteiger partial charge is 0.258 e. The number of halogens is 1. The number of nitrogens with zero attached hydrogens (tertiary/aromatic N) is 2. The number of nitrogens with one attached hydrogen (secondary N) is 2. The lowest BCUT2D eigenvalue weighted by Crippen LogP contribution is -2.38. The lowest BCUT2D eigenvalue weighted by Gasteiger charge is -2.28. The molecule has 3 rings (SSSR count). The van der Waals surface area contributed by atoms with Crippen molar-refractivity contribution in [1.82, 2.24) is 9.97 Å². The maximum atomic E-state index is 13.1. The molecule has 1 aromatic carbocycles. The van der Waals surface area contributed by atoms with Gasteiger partial charge in [0.2, 0.25) is 11.9 Å². The van der Waals surface area contributed by atoms with Crippen molar-refractivity contribution >= 4 is 17.7 Å². The Morgan fingerprint density at radius 1 is 1.27 bits per heavy atom. The first kappa shape index (κ1) is 13.8. The van der Waals surface area contributed by atoms with Crippen molar-refractivity contribution in [2.45, 2.75) is 5.92 Å². The minimum atomic E-state index is -1.12. The number of H-pyrrole nitrogens is 1. The molecule has 0 saturated heterocycles. The number of amides is 1. The fraction of sp³-hybridized carbons (Fsp3) is 0.143. The Bertz CT molecular complexity index is 853. The highest BCUT2D eigenvalue weighted by Gasteiger charge is 2.40. The lowest BCUT2D eigenvalue weighted by atomic mass is 9.79. The maximum Gasteiger partial charge on any atom is 0.258 e. The summed E-state index contributed by atoms with van der Waals surface area (Å²) in [6.45, 7) is 0. The number of anilines is 2. The van der Waals surface area contributed by atoms with E-state index in [0.717, 1.165) is 0 Å². The van der Waals surface area contributed by atoms with Crippen molar-refractivity contribution in [3.05, 3.63) is 51.6 Å². The van der Waals surface area contributed by atoms with E-state index in [4.69, 9.17) is 5.73 Å². The molecular formula is C14H10FN5O2. The van der Waals surface area contributed by atoms with Crippen molar-refractivity contribution in [2.75, 3.05) is 11.1 Å². The Morgan fingerprint density at radius 3 is 2.59 bits per heavy atom. The van der Waals surface area contributed by atoms with Crippen LogP contribution in [-0.4, -0.2) is 15.9 Å². The Labute approximate surface area is 123 Å². The van der Waals surface area contributed by atoms with Crippen LogP contribution in [0.3, 0.4) is 0 Å². The summed E-state index contributed by atoms with van der Waals surface area (Å²) in [4.78, 5) is 30.5. The van der Waals surface area contributed by atoms with E-state index < -0.39 is 29.1 Å². The predicted octanol–water partition coefficient (Wildman–Crippen LogP) is 0.715. The normalized spacial score (nSPS) is 19.9. The van der Waals surface area contributed by atoms with Gasteiger partial charge < -0.3 is 11.1 Å². The molecule has 2 heterocycles. The molecule has 0 radical (unpaired) electrons. The zero-order chi connectivity index (χ0) is 15.9. The van der Waals surface area contributed by atoms with Crippen LogP contribution in [0.15, 0.2) is 29.1 Å². The van der Waals surface area contributed by atoms with Crippen LogP contribution in [0.25, 0.3) is 0 Å². The lowest BCUT2D eigenvalue weighted by molar-refractivity contribution is -0.119. The fourth-order valence-electron chi connectivity index (χ4n) is 2.56. The third-order valence-electron chi connectivity index (χ3n) is 3.51. The number of aromatic nitrogens is 2. The van der Waals surface area contributed by atoms with Gasteiger partial charge in [0.15, 0.2) is 0 Å². The van der Waals surface area contributed by atoms with E-state index in [2.05, 4.69) is 15.3 Å². The Morgan fingerprint density at radius 2 is 1.95 bits per heavy atom. The van der Waals surface area contributed by atoms with Gasteiger partial charge in [-0.3, -0.25) is 14.6 Å². The Hall–Kier alpha value is -3.21. The minimum Gasteiger partial charge on any atom is -0.369 e. The fourth-order valence-corrected chi connectivity index (χ4v) is 2.56. The quantitative estimate of drug-likeness (QED) is 0.715. The molecule has 0 unspecified atom stereocenters. The van der Waals surface area contributed by atoms with Crippen LogP contribution in [0, 0.1) is 23.1 Å².